The molecule has 2 atom stereocenters. The normalized spacial score (nSPS) is 13.0. The molecule has 5 heteroatoms. The highest BCUT2D eigenvalue weighted by Gasteiger charge is 2.35. The lowest BCUT2D eigenvalue weighted by atomic mass is 9.93. The number of anilines is 1. The number of para-hydroxylation sites is 1. The molecule has 0 aromatic heterocycles. The van der Waals surface area contributed by atoms with Gasteiger partial charge >= 0.3 is 0 Å². The highest BCUT2D eigenvalue weighted by atomic mass is 35.5. The van der Waals surface area contributed by atoms with Crippen LogP contribution >= 0.6 is 18.9 Å². The van der Waals surface area contributed by atoms with Crippen molar-refractivity contribution in [2.75, 3.05) is 5.32 Å². The van der Waals surface area contributed by atoms with Gasteiger partial charge in [-0.2, -0.15) is 0 Å². The van der Waals surface area contributed by atoms with Crippen LogP contribution in [-0.2, 0) is 4.57 Å². The second-order valence-electron chi connectivity index (χ2n) is 8.84. The largest absolute Gasteiger partial charge is 0.376 e. The first-order valence-corrected chi connectivity index (χ1v) is 14.3. The van der Waals surface area contributed by atoms with Crippen molar-refractivity contribution in [2.24, 2.45) is 0 Å². The highest BCUT2D eigenvalue weighted by Crippen LogP contribution is 2.45. The van der Waals surface area contributed by atoms with Gasteiger partial charge in [0.15, 0.2) is 0 Å². The van der Waals surface area contributed by atoms with E-state index < -0.39 is 7.29 Å². The fourth-order valence-electron chi connectivity index (χ4n) is 4.51. The second kappa shape index (κ2) is 11.6. The summed E-state index contributed by atoms with van der Waals surface area (Å²) in [6, 6.07) is 46.9. The molecule has 0 fully saturated rings. The predicted molar refractivity (Wildman–Crippen MR) is 156 cm³/mol. The minimum Gasteiger partial charge on any atom is -0.376 e. The average Bonchev–Trinajstić information content (AvgIpc) is 2.97. The lowest BCUT2D eigenvalue weighted by Gasteiger charge is -2.34. The van der Waals surface area contributed by atoms with Crippen LogP contribution in [0.25, 0.3) is 0 Å². The Balaban J connectivity index is 1.67. The maximum absolute atomic E-state index is 15.1. The first-order valence-electron chi connectivity index (χ1n) is 12.2. The zero-order chi connectivity index (χ0) is 25.5. The Morgan fingerprint density at radius 2 is 0.946 bits per heavy atom. The molecular formula is C32H28ClN2OP. The molecule has 0 heterocycles. The number of nitrogens with one attached hydrogen (secondary N) is 2. The van der Waals surface area contributed by atoms with E-state index in [1.165, 1.54) is 0 Å². The molecule has 5 aromatic rings. The predicted octanol–water partition coefficient (Wildman–Crippen LogP) is 7.75. The molecule has 5 aromatic carbocycles. The summed E-state index contributed by atoms with van der Waals surface area (Å²) < 4.78 is 15.1. The smallest absolute Gasteiger partial charge is 0.205 e. The van der Waals surface area contributed by atoms with Crippen LogP contribution < -0.4 is 21.0 Å². The maximum Gasteiger partial charge on any atom is 0.205 e. The van der Waals surface area contributed by atoms with Crippen LogP contribution in [0.15, 0.2) is 146 Å². The maximum atomic E-state index is 15.1. The van der Waals surface area contributed by atoms with Gasteiger partial charge in [-0.25, -0.2) is 0 Å². The summed E-state index contributed by atoms with van der Waals surface area (Å²) >= 11 is 6.28. The van der Waals surface area contributed by atoms with Crippen molar-refractivity contribution in [1.82, 2.24) is 5.09 Å². The standard InChI is InChI=1S/C32H28ClN2OP/c33-27-23-21-26(22-24-27)32(31(25-13-5-1-6-14-25)34-28-15-7-2-8-16-28)35-37(36,29-17-9-3-10-18-29)30-19-11-4-12-20-30/h1-24,31-32,34H,(H,35,36). The SMILES string of the molecule is O=P(NC(c1ccc(Cl)cc1)C(Nc1ccccc1)c1ccccc1)(c1ccccc1)c1ccccc1. The fourth-order valence-corrected chi connectivity index (χ4v) is 7.11. The molecular weight excluding hydrogens is 495 g/mol. The molecule has 0 aliphatic heterocycles. The summed E-state index contributed by atoms with van der Waals surface area (Å²) in [5.41, 5.74) is 3.03. The zero-order valence-corrected chi connectivity index (χ0v) is 21.9. The minimum absolute atomic E-state index is 0.231. The first-order chi connectivity index (χ1) is 18.1. The van der Waals surface area contributed by atoms with E-state index in [4.69, 9.17) is 11.6 Å². The Morgan fingerprint density at radius 1 is 0.514 bits per heavy atom. The third-order valence-corrected chi connectivity index (χ3v) is 9.32. The molecule has 0 spiro atoms. The van der Waals surface area contributed by atoms with E-state index >= 15 is 4.57 Å². The van der Waals surface area contributed by atoms with Crippen molar-refractivity contribution >= 4 is 35.2 Å². The molecule has 0 radical (unpaired) electrons. The average molecular weight is 523 g/mol. The number of benzene rings is 5. The minimum atomic E-state index is -3.26. The number of rotatable bonds is 9. The van der Waals surface area contributed by atoms with E-state index in [0.29, 0.717) is 5.02 Å². The molecule has 0 saturated carbocycles. The summed E-state index contributed by atoms with van der Waals surface area (Å²) in [5.74, 6) is 0. The van der Waals surface area contributed by atoms with Crippen molar-refractivity contribution < 1.29 is 4.57 Å². The van der Waals surface area contributed by atoms with Gasteiger partial charge in [-0.3, -0.25) is 9.65 Å². The van der Waals surface area contributed by atoms with Gasteiger partial charge in [0, 0.05) is 21.3 Å². The van der Waals surface area contributed by atoms with E-state index in [1.54, 1.807) is 0 Å². The molecule has 2 N–H and O–H groups in total. The van der Waals surface area contributed by atoms with Crippen LogP contribution in [-0.4, -0.2) is 0 Å². The van der Waals surface area contributed by atoms with Crippen molar-refractivity contribution in [3.63, 3.8) is 0 Å². The fraction of sp³-hybridized carbons (Fsp3) is 0.0625. The topological polar surface area (TPSA) is 41.1 Å². The van der Waals surface area contributed by atoms with E-state index in [2.05, 4.69) is 22.5 Å². The van der Waals surface area contributed by atoms with Crippen molar-refractivity contribution in [3.8, 4) is 0 Å². The van der Waals surface area contributed by atoms with E-state index in [1.807, 2.05) is 133 Å². The third kappa shape index (κ3) is 5.87. The van der Waals surface area contributed by atoms with Crippen LogP contribution in [0.1, 0.15) is 23.2 Å². The highest BCUT2D eigenvalue weighted by molar-refractivity contribution is 7.76. The summed E-state index contributed by atoms with van der Waals surface area (Å²) in [7, 11) is -3.26. The molecule has 2 unspecified atom stereocenters. The molecule has 37 heavy (non-hydrogen) atoms. The Morgan fingerprint density at radius 3 is 1.46 bits per heavy atom. The monoisotopic (exact) mass is 522 g/mol. The van der Waals surface area contributed by atoms with Crippen LogP contribution in [0.5, 0.6) is 0 Å². The molecule has 3 nitrogen and oxygen atoms in total. The molecule has 184 valence electrons. The summed E-state index contributed by atoms with van der Waals surface area (Å²) in [5, 5.41) is 9.55. The number of hydrogen-bond acceptors (Lipinski definition) is 2. The molecule has 0 aliphatic carbocycles. The van der Waals surface area contributed by atoms with Crippen LogP contribution in [0.4, 0.5) is 5.69 Å². The van der Waals surface area contributed by atoms with Gasteiger partial charge in [-0.05, 0) is 59.7 Å². The Hall–Kier alpha value is -3.62. The number of hydrogen-bond donors (Lipinski definition) is 2. The van der Waals surface area contributed by atoms with Gasteiger partial charge in [0.25, 0.3) is 0 Å². The van der Waals surface area contributed by atoms with E-state index in [-0.39, 0.29) is 12.1 Å². The van der Waals surface area contributed by atoms with Crippen molar-refractivity contribution in [1.29, 1.82) is 0 Å². The van der Waals surface area contributed by atoms with Crippen LogP contribution in [0, 0.1) is 0 Å². The lowest BCUT2D eigenvalue weighted by Crippen LogP contribution is -2.35. The van der Waals surface area contributed by atoms with Crippen molar-refractivity contribution in [3.05, 3.63) is 162 Å². The van der Waals surface area contributed by atoms with Gasteiger partial charge in [-0.1, -0.05) is 109 Å². The molecule has 0 amide bonds. The Bertz CT molecular complexity index is 1400. The van der Waals surface area contributed by atoms with E-state index in [9.17, 15) is 0 Å². The van der Waals surface area contributed by atoms with Crippen LogP contribution in [0.2, 0.25) is 5.02 Å². The summed E-state index contributed by atoms with van der Waals surface area (Å²) in [4.78, 5) is 0. The zero-order valence-electron chi connectivity index (χ0n) is 20.2. The second-order valence-corrected chi connectivity index (χ2v) is 11.8. The van der Waals surface area contributed by atoms with Crippen molar-refractivity contribution in [2.45, 2.75) is 12.1 Å². The van der Waals surface area contributed by atoms with Gasteiger partial charge in [0.05, 0.1) is 12.1 Å². The Labute approximate surface area is 223 Å². The van der Waals surface area contributed by atoms with E-state index in [0.717, 1.165) is 27.4 Å². The third-order valence-electron chi connectivity index (χ3n) is 6.38. The quantitative estimate of drug-likeness (QED) is 0.194. The Kier molecular flexibility index (Phi) is 7.87. The molecule has 0 aliphatic rings. The summed E-state index contributed by atoms with van der Waals surface area (Å²) in [6.45, 7) is 0. The van der Waals surface area contributed by atoms with Gasteiger partial charge in [0.2, 0.25) is 7.29 Å². The molecule has 0 saturated heterocycles. The summed E-state index contributed by atoms with van der Waals surface area (Å²) in [6.07, 6.45) is 0. The lowest BCUT2D eigenvalue weighted by molar-refractivity contribution is 0.529. The molecule has 5 rings (SSSR count). The first kappa shape index (κ1) is 25.0. The van der Waals surface area contributed by atoms with Crippen LogP contribution in [0.3, 0.4) is 0 Å². The van der Waals surface area contributed by atoms with Gasteiger partial charge < -0.3 is 5.32 Å². The van der Waals surface area contributed by atoms with Gasteiger partial charge in [-0.15, -0.1) is 0 Å². The van der Waals surface area contributed by atoms with Gasteiger partial charge in [0.1, 0.15) is 0 Å². The molecule has 0 bridgehead atoms. The number of halogens is 1.